The number of aryl methyl sites for hydroxylation is 1. The molecule has 0 unspecified atom stereocenters. The van der Waals surface area contributed by atoms with E-state index in [1.54, 1.807) is 12.1 Å². The molecule has 158 valence electrons. The summed E-state index contributed by atoms with van der Waals surface area (Å²) in [6.45, 7) is 1.99. The van der Waals surface area contributed by atoms with Crippen LogP contribution in [0.1, 0.15) is 5.56 Å². The van der Waals surface area contributed by atoms with Gasteiger partial charge in [-0.1, -0.05) is 18.2 Å². The van der Waals surface area contributed by atoms with Crippen molar-refractivity contribution >= 4 is 34.8 Å². The monoisotopic (exact) mass is 442 g/mol. The number of imidazole rings is 1. The van der Waals surface area contributed by atoms with Gasteiger partial charge in [-0.3, -0.25) is 0 Å². The summed E-state index contributed by atoms with van der Waals surface area (Å²) in [6.07, 6.45) is 3.84. The molecule has 0 spiro atoms. The number of halogens is 3. The first-order valence-corrected chi connectivity index (χ1v) is 10.1. The third-order valence-corrected chi connectivity index (χ3v) is 5.18. The van der Waals surface area contributed by atoms with Gasteiger partial charge >= 0.3 is 11.5 Å². The number of thioether (sulfide) groups is 1. The number of nitrogens with one attached hydrogen (secondary N) is 2. The van der Waals surface area contributed by atoms with Crippen LogP contribution in [0.15, 0.2) is 78.0 Å². The van der Waals surface area contributed by atoms with Crippen molar-refractivity contribution in [1.82, 2.24) is 9.38 Å². The number of urea groups is 1. The van der Waals surface area contributed by atoms with E-state index in [4.69, 9.17) is 0 Å². The minimum atomic E-state index is -4.35. The van der Waals surface area contributed by atoms with Crippen molar-refractivity contribution in [3.8, 4) is 11.3 Å². The molecule has 0 aliphatic carbocycles. The fraction of sp³-hybridized carbons (Fsp3) is 0.0909. The Morgan fingerprint density at radius 1 is 1.00 bits per heavy atom. The molecule has 0 aliphatic rings. The van der Waals surface area contributed by atoms with Crippen molar-refractivity contribution in [3.05, 3.63) is 78.6 Å². The minimum Gasteiger partial charge on any atom is -0.308 e. The zero-order chi connectivity index (χ0) is 22.0. The van der Waals surface area contributed by atoms with Gasteiger partial charge in [-0.15, -0.1) is 0 Å². The van der Waals surface area contributed by atoms with Gasteiger partial charge < -0.3 is 15.0 Å². The number of pyridine rings is 1. The molecule has 4 aromatic rings. The van der Waals surface area contributed by atoms with Gasteiger partial charge in [0.1, 0.15) is 5.65 Å². The van der Waals surface area contributed by atoms with E-state index in [9.17, 15) is 18.0 Å². The highest BCUT2D eigenvalue weighted by Gasteiger charge is 2.29. The number of hydrogen-bond acceptors (Lipinski definition) is 3. The van der Waals surface area contributed by atoms with Crippen molar-refractivity contribution in [3.63, 3.8) is 0 Å². The topological polar surface area (TPSA) is 58.4 Å². The van der Waals surface area contributed by atoms with Gasteiger partial charge in [0.25, 0.3) is 0 Å². The zero-order valence-electron chi connectivity index (χ0n) is 16.3. The Balaban J connectivity index is 1.45. The van der Waals surface area contributed by atoms with Gasteiger partial charge in [-0.2, -0.15) is 13.2 Å². The number of aromatic nitrogens is 2. The van der Waals surface area contributed by atoms with E-state index in [0.717, 1.165) is 22.5 Å². The number of rotatable bonds is 4. The first-order valence-electron chi connectivity index (χ1n) is 9.25. The summed E-state index contributed by atoms with van der Waals surface area (Å²) in [5.74, 6) is 0. The second-order valence-corrected chi connectivity index (χ2v) is 7.92. The number of amides is 2. The highest BCUT2D eigenvalue weighted by atomic mass is 32.2. The van der Waals surface area contributed by atoms with Gasteiger partial charge in [0.2, 0.25) is 0 Å². The molecule has 4 rings (SSSR count). The van der Waals surface area contributed by atoms with E-state index in [1.165, 1.54) is 24.3 Å². The van der Waals surface area contributed by atoms with Crippen molar-refractivity contribution < 1.29 is 18.0 Å². The van der Waals surface area contributed by atoms with Crippen molar-refractivity contribution in [2.24, 2.45) is 0 Å². The molecule has 2 amide bonds. The minimum absolute atomic E-state index is 0.0499. The number of carbonyl (C=O) groups is 1. The van der Waals surface area contributed by atoms with E-state index < -0.39 is 11.5 Å². The molecule has 0 bridgehead atoms. The van der Waals surface area contributed by atoms with Crippen LogP contribution >= 0.6 is 11.8 Å². The van der Waals surface area contributed by atoms with Gasteiger partial charge in [0.05, 0.1) is 5.69 Å². The number of alkyl halides is 3. The number of benzene rings is 2. The molecule has 2 aromatic carbocycles. The summed E-state index contributed by atoms with van der Waals surface area (Å²) in [7, 11) is 0. The lowest BCUT2D eigenvalue weighted by atomic mass is 10.1. The average molecular weight is 442 g/mol. The molecule has 9 heteroatoms. The molecule has 0 aliphatic heterocycles. The highest BCUT2D eigenvalue weighted by molar-refractivity contribution is 8.00. The third-order valence-electron chi connectivity index (χ3n) is 4.44. The summed E-state index contributed by atoms with van der Waals surface area (Å²) in [5, 5.41) is 5.34. The lowest BCUT2D eigenvalue weighted by Crippen LogP contribution is -2.19. The highest BCUT2D eigenvalue weighted by Crippen LogP contribution is 2.37. The number of fused-ring (bicyclic) bond motifs is 1. The summed E-state index contributed by atoms with van der Waals surface area (Å²) in [5.41, 5.74) is 0.133. The van der Waals surface area contributed by atoms with Crippen LogP contribution in [0.25, 0.3) is 16.9 Å². The summed E-state index contributed by atoms with van der Waals surface area (Å²) >= 11 is -0.203. The molecule has 0 saturated heterocycles. The molecule has 0 radical (unpaired) electrons. The molecule has 2 aromatic heterocycles. The van der Waals surface area contributed by atoms with E-state index in [1.807, 2.05) is 48.0 Å². The van der Waals surface area contributed by atoms with Crippen LogP contribution in [-0.2, 0) is 0 Å². The van der Waals surface area contributed by atoms with Crippen LogP contribution in [-0.4, -0.2) is 20.9 Å². The molecule has 5 nitrogen and oxygen atoms in total. The van der Waals surface area contributed by atoms with E-state index in [2.05, 4.69) is 15.6 Å². The SMILES string of the molecule is Cc1cccn2cc(-c3cccc(NC(=O)Nc4ccc(SC(F)(F)F)cc4)c3)nc12. The standard InChI is InChI=1S/C22H17F3N4OS/c1-14-4-3-11-29-13-19(28-20(14)29)15-5-2-6-17(12-15)27-21(30)26-16-7-9-18(10-8-16)31-22(23,24)25/h2-13H,1H3,(H2,26,27,30). The van der Waals surface area contributed by atoms with Crippen LogP contribution in [0.3, 0.4) is 0 Å². The Morgan fingerprint density at radius 3 is 2.45 bits per heavy atom. The lowest BCUT2D eigenvalue weighted by Gasteiger charge is -2.10. The molecule has 2 heterocycles. The van der Waals surface area contributed by atoms with Crippen LogP contribution < -0.4 is 10.6 Å². The molecule has 0 fully saturated rings. The normalized spacial score (nSPS) is 11.5. The van der Waals surface area contributed by atoms with Gasteiger partial charge in [-0.05, 0) is 66.7 Å². The Hall–Kier alpha value is -3.46. The van der Waals surface area contributed by atoms with Crippen molar-refractivity contribution in [1.29, 1.82) is 0 Å². The maximum atomic E-state index is 12.4. The first-order chi connectivity index (χ1) is 14.8. The fourth-order valence-corrected chi connectivity index (χ4v) is 3.62. The second-order valence-electron chi connectivity index (χ2n) is 6.78. The smallest absolute Gasteiger partial charge is 0.308 e. The predicted molar refractivity (Wildman–Crippen MR) is 116 cm³/mol. The van der Waals surface area contributed by atoms with Crippen molar-refractivity contribution in [2.75, 3.05) is 10.6 Å². The molecule has 31 heavy (non-hydrogen) atoms. The number of hydrogen-bond donors (Lipinski definition) is 2. The van der Waals surface area contributed by atoms with E-state index in [-0.39, 0.29) is 16.7 Å². The summed E-state index contributed by atoms with van der Waals surface area (Å²) in [6, 6.07) is 16.1. The van der Waals surface area contributed by atoms with Gasteiger partial charge in [-0.25, -0.2) is 9.78 Å². The average Bonchev–Trinajstić information content (AvgIpc) is 3.14. The van der Waals surface area contributed by atoms with Crippen LogP contribution in [0.2, 0.25) is 0 Å². The molecule has 2 N–H and O–H groups in total. The Kier molecular flexibility index (Phi) is 5.60. The van der Waals surface area contributed by atoms with Gasteiger partial charge in [0, 0.05) is 34.2 Å². The molecule has 0 saturated carbocycles. The number of nitrogens with zero attached hydrogens (tertiary/aromatic N) is 2. The summed E-state index contributed by atoms with van der Waals surface area (Å²) < 4.78 is 39.2. The Bertz CT molecular complexity index is 1240. The quantitative estimate of drug-likeness (QED) is 0.352. The van der Waals surface area contributed by atoms with Crippen LogP contribution in [0.4, 0.5) is 29.3 Å². The van der Waals surface area contributed by atoms with Crippen molar-refractivity contribution in [2.45, 2.75) is 17.3 Å². The number of anilines is 2. The van der Waals surface area contributed by atoms with E-state index >= 15 is 0 Å². The van der Waals surface area contributed by atoms with Gasteiger partial charge in [0.15, 0.2) is 0 Å². The molecular formula is C22H17F3N4OS. The lowest BCUT2D eigenvalue weighted by molar-refractivity contribution is -0.0328. The fourth-order valence-electron chi connectivity index (χ4n) is 3.08. The van der Waals surface area contributed by atoms with Crippen LogP contribution in [0.5, 0.6) is 0 Å². The Labute approximate surface area is 180 Å². The third kappa shape index (κ3) is 5.18. The Morgan fingerprint density at radius 2 is 1.74 bits per heavy atom. The predicted octanol–water partition coefficient (Wildman–Crippen LogP) is 6.57. The maximum absolute atomic E-state index is 12.4. The second kappa shape index (κ2) is 8.35. The first kappa shape index (κ1) is 20.8. The van der Waals surface area contributed by atoms with E-state index in [0.29, 0.717) is 11.4 Å². The largest absolute Gasteiger partial charge is 0.446 e. The summed E-state index contributed by atoms with van der Waals surface area (Å²) in [4.78, 5) is 17.0. The zero-order valence-corrected chi connectivity index (χ0v) is 17.1. The molecule has 0 atom stereocenters. The maximum Gasteiger partial charge on any atom is 0.446 e. The molecular weight excluding hydrogens is 425 g/mol. The van der Waals surface area contributed by atoms with Crippen LogP contribution in [0, 0.1) is 6.92 Å². The number of carbonyl (C=O) groups excluding carboxylic acids is 1.